The van der Waals surface area contributed by atoms with Crippen molar-refractivity contribution in [2.24, 2.45) is 0 Å². The van der Waals surface area contributed by atoms with Gasteiger partial charge in [-0.15, -0.1) is 6.58 Å². The third-order valence-electron chi connectivity index (χ3n) is 1.75. The van der Waals surface area contributed by atoms with Crippen molar-refractivity contribution in [1.29, 1.82) is 0 Å². The molecule has 1 rings (SSSR count). The summed E-state index contributed by atoms with van der Waals surface area (Å²) in [6.07, 6.45) is 1.58. The molecule has 1 aromatic heterocycles. The summed E-state index contributed by atoms with van der Waals surface area (Å²) < 4.78 is 4.85. The summed E-state index contributed by atoms with van der Waals surface area (Å²) in [5, 5.41) is 13.6. The van der Waals surface area contributed by atoms with Gasteiger partial charge < -0.3 is 10.1 Å². The Kier molecular flexibility index (Phi) is 3.76. The van der Waals surface area contributed by atoms with Gasteiger partial charge in [0.1, 0.15) is 5.82 Å². The lowest BCUT2D eigenvalue weighted by molar-refractivity contribution is -0.385. The molecule has 86 valence electrons. The quantitative estimate of drug-likeness (QED) is 0.460. The fourth-order valence-corrected chi connectivity index (χ4v) is 1.14. The maximum atomic E-state index is 10.9. The van der Waals surface area contributed by atoms with Gasteiger partial charge in [-0.05, 0) is 6.92 Å². The van der Waals surface area contributed by atoms with Gasteiger partial charge in [-0.2, -0.15) is 4.98 Å². The Morgan fingerprint density at radius 2 is 2.31 bits per heavy atom. The predicted octanol–water partition coefficient (Wildman–Crippen LogP) is 1.30. The molecule has 0 atom stereocenters. The van der Waals surface area contributed by atoms with Crippen molar-refractivity contribution in [3.63, 3.8) is 0 Å². The van der Waals surface area contributed by atoms with E-state index in [-0.39, 0.29) is 17.4 Å². The molecule has 1 aromatic rings. The first kappa shape index (κ1) is 11.9. The van der Waals surface area contributed by atoms with Gasteiger partial charge in [0.2, 0.25) is 5.82 Å². The van der Waals surface area contributed by atoms with Gasteiger partial charge in [0, 0.05) is 6.54 Å². The second-order valence-corrected chi connectivity index (χ2v) is 2.90. The van der Waals surface area contributed by atoms with Crippen LogP contribution in [0.5, 0.6) is 5.88 Å². The lowest BCUT2D eigenvalue weighted by atomic mass is 10.4. The van der Waals surface area contributed by atoms with Crippen molar-refractivity contribution in [1.82, 2.24) is 9.97 Å². The summed E-state index contributed by atoms with van der Waals surface area (Å²) in [5.41, 5.74) is -0.269. The van der Waals surface area contributed by atoms with Gasteiger partial charge in [-0.3, -0.25) is 10.1 Å². The summed E-state index contributed by atoms with van der Waals surface area (Å²) in [4.78, 5) is 18.1. The van der Waals surface area contributed by atoms with Crippen molar-refractivity contribution in [3.8, 4) is 5.88 Å². The maximum absolute atomic E-state index is 10.9. The molecule has 0 bridgehead atoms. The number of aromatic nitrogens is 2. The monoisotopic (exact) mass is 224 g/mol. The molecule has 0 aliphatic carbocycles. The summed E-state index contributed by atoms with van der Waals surface area (Å²) in [6.45, 7) is 5.51. The highest BCUT2D eigenvalue weighted by molar-refractivity contribution is 5.61. The van der Waals surface area contributed by atoms with Crippen molar-refractivity contribution in [3.05, 3.63) is 28.6 Å². The van der Waals surface area contributed by atoms with E-state index < -0.39 is 4.92 Å². The molecule has 0 saturated carbocycles. The Hall–Kier alpha value is -2.18. The Bertz CT molecular complexity index is 419. The summed E-state index contributed by atoms with van der Waals surface area (Å²) in [5.74, 6) is 0.479. The third kappa shape index (κ3) is 2.44. The number of hydrogen-bond donors (Lipinski definition) is 1. The number of ether oxygens (including phenoxy) is 1. The summed E-state index contributed by atoms with van der Waals surface area (Å²) in [7, 11) is 1.33. The number of aryl methyl sites for hydroxylation is 1. The zero-order valence-electron chi connectivity index (χ0n) is 9.06. The lowest BCUT2D eigenvalue weighted by Crippen LogP contribution is -2.08. The van der Waals surface area contributed by atoms with Crippen molar-refractivity contribution in [2.75, 3.05) is 19.0 Å². The van der Waals surface area contributed by atoms with E-state index in [1.165, 1.54) is 7.11 Å². The maximum Gasteiger partial charge on any atom is 0.372 e. The fourth-order valence-electron chi connectivity index (χ4n) is 1.14. The fraction of sp³-hybridized carbons (Fsp3) is 0.333. The van der Waals surface area contributed by atoms with Gasteiger partial charge in [-0.1, -0.05) is 6.08 Å². The van der Waals surface area contributed by atoms with Crippen LogP contribution >= 0.6 is 0 Å². The second-order valence-electron chi connectivity index (χ2n) is 2.90. The number of rotatable bonds is 5. The van der Waals surface area contributed by atoms with E-state index in [0.717, 1.165) is 0 Å². The number of nitrogens with zero attached hydrogens (tertiary/aromatic N) is 3. The van der Waals surface area contributed by atoms with Crippen LogP contribution in [0.25, 0.3) is 0 Å². The van der Waals surface area contributed by atoms with Gasteiger partial charge in [0.25, 0.3) is 5.88 Å². The zero-order chi connectivity index (χ0) is 12.1. The molecule has 0 fully saturated rings. The first-order valence-corrected chi connectivity index (χ1v) is 4.52. The smallest absolute Gasteiger partial charge is 0.372 e. The van der Waals surface area contributed by atoms with E-state index in [1.54, 1.807) is 13.0 Å². The zero-order valence-corrected chi connectivity index (χ0v) is 9.06. The van der Waals surface area contributed by atoms with Crippen molar-refractivity contribution >= 4 is 11.5 Å². The molecule has 0 unspecified atom stereocenters. The van der Waals surface area contributed by atoms with Crippen LogP contribution in [-0.4, -0.2) is 28.5 Å². The third-order valence-corrected chi connectivity index (χ3v) is 1.75. The van der Waals surface area contributed by atoms with Gasteiger partial charge in [0.05, 0.1) is 12.0 Å². The van der Waals surface area contributed by atoms with Crippen LogP contribution in [0.1, 0.15) is 5.82 Å². The molecule has 0 aromatic carbocycles. The molecule has 1 heterocycles. The Morgan fingerprint density at radius 1 is 1.62 bits per heavy atom. The average Bonchev–Trinajstić information content (AvgIpc) is 2.24. The minimum Gasteiger partial charge on any atom is -0.476 e. The largest absolute Gasteiger partial charge is 0.476 e. The molecule has 0 saturated heterocycles. The molecular weight excluding hydrogens is 212 g/mol. The molecule has 0 amide bonds. The molecule has 16 heavy (non-hydrogen) atoms. The highest BCUT2D eigenvalue weighted by Gasteiger charge is 2.24. The normalized spacial score (nSPS) is 9.62. The van der Waals surface area contributed by atoms with E-state index >= 15 is 0 Å². The topological polar surface area (TPSA) is 90.2 Å². The van der Waals surface area contributed by atoms with E-state index in [4.69, 9.17) is 4.74 Å². The Morgan fingerprint density at radius 3 is 2.81 bits per heavy atom. The van der Waals surface area contributed by atoms with E-state index in [9.17, 15) is 10.1 Å². The standard InChI is InChI=1S/C9H12N4O3/c1-4-5-10-8-7(13(14)15)9(16-3)12-6(2)11-8/h4H,1,5H2,2-3H3,(H,10,11,12). The van der Waals surface area contributed by atoms with Crippen LogP contribution in [0.15, 0.2) is 12.7 Å². The molecule has 0 spiro atoms. The number of hydrogen-bond acceptors (Lipinski definition) is 6. The molecule has 0 aliphatic heterocycles. The minimum atomic E-state index is -0.580. The van der Waals surface area contributed by atoms with E-state index in [0.29, 0.717) is 12.4 Å². The SMILES string of the molecule is C=CCNc1nc(C)nc(OC)c1[N+](=O)[O-]. The number of anilines is 1. The van der Waals surface area contributed by atoms with Crippen LogP contribution in [-0.2, 0) is 0 Å². The van der Waals surface area contributed by atoms with Crippen LogP contribution in [0.2, 0.25) is 0 Å². The predicted molar refractivity (Wildman–Crippen MR) is 58.7 cm³/mol. The van der Waals surface area contributed by atoms with Gasteiger partial charge >= 0.3 is 5.69 Å². The van der Waals surface area contributed by atoms with Crippen LogP contribution in [0, 0.1) is 17.0 Å². The number of nitro groups is 1. The summed E-state index contributed by atoms with van der Waals surface area (Å²) >= 11 is 0. The van der Waals surface area contributed by atoms with Crippen LogP contribution in [0.4, 0.5) is 11.5 Å². The minimum absolute atomic E-state index is 0.0518. The molecular formula is C9H12N4O3. The van der Waals surface area contributed by atoms with Gasteiger partial charge in [0.15, 0.2) is 0 Å². The number of methoxy groups -OCH3 is 1. The highest BCUT2D eigenvalue weighted by atomic mass is 16.6. The number of nitrogens with one attached hydrogen (secondary N) is 1. The molecule has 0 radical (unpaired) electrons. The first-order chi connectivity index (χ1) is 7.60. The first-order valence-electron chi connectivity index (χ1n) is 4.52. The lowest BCUT2D eigenvalue weighted by Gasteiger charge is -2.07. The van der Waals surface area contributed by atoms with Crippen LogP contribution in [0.3, 0.4) is 0 Å². The average molecular weight is 224 g/mol. The summed E-state index contributed by atoms with van der Waals surface area (Å²) in [6, 6.07) is 0. The highest BCUT2D eigenvalue weighted by Crippen LogP contribution is 2.31. The van der Waals surface area contributed by atoms with E-state index in [1.807, 2.05) is 0 Å². The molecule has 0 aliphatic rings. The van der Waals surface area contributed by atoms with Crippen LogP contribution < -0.4 is 10.1 Å². The molecule has 7 nitrogen and oxygen atoms in total. The van der Waals surface area contributed by atoms with Gasteiger partial charge in [-0.25, -0.2) is 4.98 Å². The van der Waals surface area contributed by atoms with E-state index in [2.05, 4.69) is 21.9 Å². The Labute approximate surface area is 92.3 Å². The second kappa shape index (κ2) is 5.06. The van der Waals surface area contributed by atoms with Crippen molar-refractivity contribution < 1.29 is 9.66 Å². The van der Waals surface area contributed by atoms with Crippen molar-refractivity contribution in [2.45, 2.75) is 6.92 Å². The Balaban J connectivity index is 3.26. The molecule has 7 heteroatoms. The molecule has 1 N–H and O–H groups in total.